The maximum absolute atomic E-state index is 14.1. The molecular weight excluding hydrogens is 321 g/mol. The van der Waals surface area contributed by atoms with Crippen molar-refractivity contribution in [3.8, 4) is 6.07 Å². The van der Waals surface area contributed by atoms with Gasteiger partial charge in [0.25, 0.3) is 0 Å². The zero-order valence-electron chi connectivity index (χ0n) is 10.8. The minimum absolute atomic E-state index is 0.148. The van der Waals surface area contributed by atoms with Gasteiger partial charge in [-0.15, -0.1) is 0 Å². The third kappa shape index (κ3) is 2.75. The Morgan fingerprint density at radius 1 is 1.30 bits per heavy atom. The van der Waals surface area contributed by atoms with E-state index in [1.165, 1.54) is 0 Å². The van der Waals surface area contributed by atoms with Crippen LogP contribution < -0.4 is 11.1 Å². The zero-order valence-corrected chi connectivity index (χ0v) is 12.4. The molecular formula is C15H13BrFN3. The van der Waals surface area contributed by atoms with Gasteiger partial charge in [-0.3, -0.25) is 0 Å². The van der Waals surface area contributed by atoms with Crippen LogP contribution in [0, 0.1) is 17.1 Å². The van der Waals surface area contributed by atoms with Crippen LogP contribution in [-0.4, -0.2) is 0 Å². The highest BCUT2D eigenvalue weighted by atomic mass is 79.9. The second kappa shape index (κ2) is 5.93. The van der Waals surface area contributed by atoms with Gasteiger partial charge in [0.2, 0.25) is 0 Å². The number of halogens is 2. The van der Waals surface area contributed by atoms with Gasteiger partial charge in [0.05, 0.1) is 21.8 Å². The van der Waals surface area contributed by atoms with E-state index >= 15 is 0 Å². The molecule has 2 aromatic carbocycles. The monoisotopic (exact) mass is 333 g/mol. The van der Waals surface area contributed by atoms with Crippen LogP contribution in [0.3, 0.4) is 0 Å². The molecule has 20 heavy (non-hydrogen) atoms. The quantitative estimate of drug-likeness (QED) is 0.827. The molecule has 0 saturated heterocycles. The van der Waals surface area contributed by atoms with Crippen molar-refractivity contribution in [1.82, 2.24) is 0 Å². The average molecular weight is 334 g/mol. The number of nitrogens with two attached hydrogens (primary N) is 1. The molecule has 0 aromatic heterocycles. The Balaban J connectivity index is 2.30. The van der Waals surface area contributed by atoms with Crippen LogP contribution in [0.15, 0.2) is 40.9 Å². The first-order valence-corrected chi connectivity index (χ1v) is 6.83. The van der Waals surface area contributed by atoms with Gasteiger partial charge in [-0.1, -0.05) is 18.2 Å². The van der Waals surface area contributed by atoms with E-state index in [1.54, 1.807) is 18.2 Å². The Kier molecular flexibility index (Phi) is 4.26. The second-order valence-electron chi connectivity index (χ2n) is 4.40. The van der Waals surface area contributed by atoms with Crippen LogP contribution in [0.4, 0.5) is 15.8 Å². The number of nitriles is 1. The van der Waals surface area contributed by atoms with Crippen molar-refractivity contribution < 1.29 is 4.39 Å². The summed E-state index contributed by atoms with van der Waals surface area (Å²) in [7, 11) is 0. The maximum atomic E-state index is 14.1. The number of hydrogen-bond donors (Lipinski definition) is 2. The van der Waals surface area contributed by atoms with Crippen LogP contribution in [0.5, 0.6) is 0 Å². The molecule has 102 valence electrons. The van der Waals surface area contributed by atoms with Crippen molar-refractivity contribution in [1.29, 1.82) is 5.26 Å². The van der Waals surface area contributed by atoms with Crippen LogP contribution in [0.25, 0.3) is 0 Å². The van der Waals surface area contributed by atoms with Gasteiger partial charge in [-0.25, -0.2) is 4.39 Å². The van der Waals surface area contributed by atoms with E-state index in [9.17, 15) is 4.39 Å². The Morgan fingerprint density at radius 2 is 2.00 bits per heavy atom. The minimum atomic E-state index is -0.481. The predicted molar refractivity (Wildman–Crippen MR) is 81.7 cm³/mol. The summed E-state index contributed by atoms with van der Waals surface area (Å²) >= 11 is 3.09. The topological polar surface area (TPSA) is 61.8 Å². The zero-order chi connectivity index (χ0) is 14.7. The lowest BCUT2D eigenvalue weighted by atomic mass is 10.1. The van der Waals surface area contributed by atoms with Crippen LogP contribution in [-0.2, 0) is 0 Å². The van der Waals surface area contributed by atoms with Gasteiger partial charge in [0.1, 0.15) is 6.07 Å². The number of nitrogens with one attached hydrogen (secondary N) is 1. The molecule has 0 spiro atoms. The van der Waals surface area contributed by atoms with E-state index < -0.39 is 5.82 Å². The van der Waals surface area contributed by atoms with Crippen molar-refractivity contribution in [2.45, 2.75) is 13.0 Å². The number of nitrogens with zero attached hydrogens (tertiary/aromatic N) is 1. The van der Waals surface area contributed by atoms with Crippen LogP contribution >= 0.6 is 15.9 Å². The molecule has 0 saturated carbocycles. The maximum Gasteiger partial charge on any atom is 0.161 e. The normalized spacial score (nSPS) is 11.7. The summed E-state index contributed by atoms with van der Waals surface area (Å²) in [4.78, 5) is 0. The van der Waals surface area contributed by atoms with E-state index in [0.29, 0.717) is 11.4 Å². The molecule has 0 aliphatic heterocycles. The molecule has 0 bridgehead atoms. The lowest BCUT2D eigenvalue weighted by molar-refractivity contribution is 0.620. The summed E-state index contributed by atoms with van der Waals surface area (Å²) in [6, 6.07) is 12.3. The summed E-state index contributed by atoms with van der Waals surface area (Å²) < 4.78 is 14.3. The lowest BCUT2D eigenvalue weighted by Crippen LogP contribution is -2.10. The molecule has 0 radical (unpaired) electrons. The predicted octanol–water partition coefficient (Wildman–Crippen LogP) is 4.22. The van der Waals surface area contributed by atoms with E-state index in [1.807, 2.05) is 31.2 Å². The summed E-state index contributed by atoms with van der Waals surface area (Å²) in [6.07, 6.45) is 0. The van der Waals surface area contributed by atoms with Gasteiger partial charge >= 0.3 is 0 Å². The van der Waals surface area contributed by atoms with Crippen molar-refractivity contribution >= 4 is 27.3 Å². The number of anilines is 2. The van der Waals surface area contributed by atoms with Gasteiger partial charge in [-0.2, -0.15) is 5.26 Å². The van der Waals surface area contributed by atoms with Crippen LogP contribution in [0.2, 0.25) is 0 Å². The molecule has 5 heteroatoms. The highest BCUT2D eigenvalue weighted by molar-refractivity contribution is 9.10. The molecule has 3 N–H and O–H groups in total. The average Bonchev–Trinajstić information content (AvgIpc) is 2.44. The first-order valence-electron chi connectivity index (χ1n) is 6.03. The number of rotatable bonds is 3. The van der Waals surface area contributed by atoms with Crippen molar-refractivity contribution in [3.05, 3.63) is 57.8 Å². The highest BCUT2D eigenvalue weighted by Crippen LogP contribution is 2.30. The van der Waals surface area contributed by atoms with E-state index in [0.717, 1.165) is 5.56 Å². The van der Waals surface area contributed by atoms with Gasteiger partial charge in [0.15, 0.2) is 5.82 Å². The smallest absolute Gasteiger partial charge is 0.161 e. The second-order valence-corrected chi connectivity index (χ2v) is 5.19. The van der Waals surface area contributed by atoms with E-state index in [2.05, 4.69) is 21.2 Å². The molecule has 2 aromatic rings. The fraction of sp³-hybridized carbons (Fsp3) is 0.133. The van der Waals surface area contributed by atoms with Gasteiger partial charge in [0, 0.05) is 5.69 Å². The molecule has 3 nitrogen and oxygen atoms in total. The molecule has 0 heterocycles. The standard InChI is InChI=1S/C15H13BrFN3/c1-9(11-4-2-3-5-12(11)19)20-13-7-6-10(8-18)14(16)15(13)17/h2-7,9,20H,19H2,1H3. The number of para-hydroxylation sites is 1. The summed E-state index contributed by atoms with van der Waals surface area (Å²) in [6.45, 7) is 1.90. The first-order chi connectivity index (χ1) is 9.54. The minimum Gasteiger partial charge on any atom is -0.398 e. The summed E-state index contributed by atoms with van der Waals surface area (Å²) in [5.41, 5.74) is 8.04. The number of nitrogen functional groups attached to an aromatic ring is 1. The summed E-state index contributed by atoms with van der Waals surface area (Å²) in [5.74, 6) is -0.481. The van der Waals surface area contributed by atoms with Crippen molar-refractivity contribution in [3.63, 3.8) is 0 Å². The Morgan fingerprint density at radius 3 is 2.65 bits per heavy atom. The number of benzene rings is 2. The Bertz CT molecular complexity index is 679. The largest absolute Gasteiger partial charge is 0.398 e. The van der Waals surface area contributed by atoms with Crippen LogP contribution in [0.1, 0.15) is 24.1 Å². The fourth-order valence-corrected chi connectivity index (χ4v) is 2.40. The number of hydrogen-bond acceptors (Lipinski definition) is 3. The van der Waals surface area contributed by atoms with E-state index in [-0.39, 0.29) is 16.1 Å². The molecule has 0 amide bonds. The van der Waals surface area contributed by atoms with Crippen molar-refractivity contribution in [2.75, 3.05) is 11.1 Å². The molecule has 2 rings (SSSR count). The van der Waals surface area contributed by atoms with Crippen molar-refractivity contribution in [2.24, 2.45) is 0 Å². The summed E-state index contributed by atoms with van der Waals surface area (Å²) in [5, 5.41) is 11.9. The van der Waals surface area contributed by atoms with Gasteiger partial charge in [-0.05, 0) is 46.6 Å². The first kappa shape index (κ1) is 14.4. The molecule has 0 fully saturated rings. The molecule has 1 unspecified atom stereocenters. The molecule has 0 aliphatic carbocycles. The van der Waals surface area contributed by atoms with Gasteiger partial charge < -0.3 is 11.1 Å². The highest BCUT2D eigenvalue weighted by Gasteiger charge is 2.14. The lowest BCUT2D eigenvalue weighted by Gasteiger charge is -2.18. The van der Waals surface area contributed by atoms with E-state index in [4.69, 9.17) is 11.0 Å². The third-order valence-electron chi connectivity index (χ3n) is 3.04. The Labute approximate surface area is 125 Å². The molecule has 0 aliphatic rings. The SMILES string of the molecule is CC(Nc1ccc(C#N)c(Br)c1F)c1ccccc1N. The Hall–Kier alpha value is -2.06. The molecule has 1 atom stereocenters. The third-order valence-corrected chi connectivity index (χ3v) is 3.81. The fourth-order valence-electron chi connectivity index (χ4n) is 1.96.